The number of esters is 2. The smallest absolute Gasteiger partial charge is 0.304 e. The molecular weight excluding hydrogens is 162 g/mol. The summed E-state index contributed by atoms with van der Waals surface area (Å²) in [5.74, 6) is -0.952. The minimum absolute atomic E-state index is 0.454. The highest BCUT2D eigenvalue weighted by atomic mass is 16.6. The van der Waals surface area contributed by atoms with Crippen molar-refractivity contribution in [2.24, 2.45) is 5.73 Å². The fourth-order valence-corrected chi connectivity index (χ4v) is 0.616. The van der Waals surface area contributed by atoms with E-state index < -0.39 is 24.3 Å². The van der Waals surface area contributed by atoms with E-state index in [1.54, 1.807) is 6.92 Å². The van der Waals surface area contributed by atoms with Crippen molar-refractivity contribution in [3.05, 3.63) is 0 Å². The van der Waals surface area contributed by atoms with E-state index in [4.69, 9.17) is 5.73 Å². The standard InChI is InChI=1S/C7H13NO4/c1-4(11-5(2)9)7(8)12-6(3)10/h4,7H,8H2,1-3H3. The van der Waals surface area contributed by atoms with Crippen molar-refractivity contribution < 1.29 is 19.1 Å². The molecule has 0 aliphatic rings. The summed E-state index contributed by atoms with van der Waals surface area (Å²) in [7, 11) is 0. The quantitative estimate of drug-likeness (QED) is 0.474. The van der Waals surface area contributed by atoms with Gasteiger partial charge in [-0.05, 0) is 6.92 Å². The number of carbonyl (C=O) groups excluding carboxylic acids is 2. The zero-order valence-electron chi connectivity index (χ0n) is 7.37. The van der Waals surface area contributed by atoms with Gasteiger partial charge in [-0.15, -0.1) is 0 Å². The summed E-state index contributed by atoms with van der Waals surface area (Å²) in [6, 6.07) is 0. The second kappa shape index (κ2) is 4.71. The maximum atomic E-state index is 10.4. The molecule has 2 unspecified atom stereocenters. The van der Waals surface area contributed by atoms with Crippen LogP contribution in [0.3, 0.4) is 0 Å². The van der Waals surface area contributed by atoms with Gasteiger partial charge in [0.25, 0.3) is 0 Å². The molecule has 0 bridgehead atoms. The summed E-state index contributed by atoms with van der Waals surface area (Å²) in [5, 5.41) is 0. The molecule has 0 aromatic rings. The van der Waals surface area contributed by atoms with Crippen molar-refractivity contribution >= 4 is 11.9 Å². The van der Waals surface area contributed by atoms with Gasteiger partial charge in [-0.1, -0.05) is 0 Å². The van der Waals surface area contributed by atoms with E-state index in [2.05, 4.69) is 9.47 Å². The third kappa shape index (κ3) is 4.68. The molecular formula is C7H13NO4. The average molecular weight is 175 g/mol. The molecule has 70 valence electrons. The second-order valence-electron chi connectivity index (χ2n) is 2.39. The predicted molar refractivity (Wildman–Crippen MR) is 41.0 cm³/mol. The summed E-state index contributed by atoms with van der Waals surface area (Å²) < 4.78 is 9.25. The highest BCUT2D eigenvalue weighted by Crippen LogP contribution is 1.98. The minimum atomic E-state index is -0.897. The molecule has 0 saturated carbocycles. The first kappa shape index (κ1) is 10.9. The van der Waals surface area contributed by atoms with E-state index in [0.29, 0.717) is 0 Å². The Morgan fingerprint density at radius 3 is 1.92 bits per heavy atom. The normalized spacial score (nSPS) is 14.7. The Kier molecular flexibility index (Phi) is 4.28. The molecule has 12 heavy (non-hydrogen) atoms. The second-order valence-corrected chi connectivity index (χ2v) is 2.39. The van der Waals surface area contributed by atoms with Crippen LogP contribution in [0.5, 0.6) is 0 Å². The van der Waals surface area contributed by atoms with Gasteiger partial charge in [0.05, 0.1) is 0 Å². The topological polar surface area (TPSA) is 78.6 Å². The summed E-state index contributed by atoms with van der Waals surface area (Å²) in [6.07, 6.45) is -1.52. The van der Waals surface area contributed by atoms with Crippen LogP contribution in [-0.2, 0) is 19.1 Å². The lowest BCUT2D eigenvalue weighted by molar-refractivity contribution is -0.163. The Morgan fingerprint density at radius 2 is 1.58 bits per heavy atom. The molecule has 0 saturated heterocycles. The Balaban J connectivity index is 3.83. The molecule has 0 heterocycles. The number of rotatable bonds is 3. The van der Waals surface area contributed by atoms with Crippen molar-refractivity contribution in [1.82, 2.24) is 0 Å². The molecule has 0 fully saturated rings. The molecule has 5 heteroatoms. The molecule has 5 nitrogen and oxygen atoms in total. The van der Waals surface area contributed by atoms with Crippen molar-refractivity contribution in [2.45, 2.75) is 33.1 Å². The maximum Gasteiger partial charge on any atom is 0.304 e. The Hall–Kier alpha value is -1.10. The summed E-state index contributed by atoms with van der Waals surface area (Å²) in [5.41, 5.74) is 5.35. The van der Waals surface area contributed by atoms with Gasteiger partial charge in [0.15, 0.2) is 6.23 Å². The highest BCUT2D eigenvalue weighted by Gasteiger charge is 2.17. The molecule has 0 aliphatic heterocycles. The molecule has 0 aromatic carbocycles. The van der Waals surface area contributed by atoms with Crippen molar-refractivity contribution in [1.29, 1.82) is 0 Å². The van der Waals surface area contributed by atoms with Gasteiger partial charge in [-0.3, -0.25) is 15.3 Å². The van der Waals surface area contributed by atoms with Crippen LogP contribution < -0.4 is 5.73 Å². The Morgan fingerprint density at radius 1 is 1.17 bits per heavy atom. The molecule has 0 aliphatic carbocycles. The number of hydrogen-bond donors (Lipinski definition) is 1. The van der Waals surface area contributed by atoms with Crippen LogP contribution in [0.2, 0.25) is 0 Å². The minimum Gasteiger partial charge on any atom is -0.457 e. The number of nitrogens with two attached hydrogens (primary N) is 1. The zero-order chi connectivity index (χ0) is 9.72. The molecule has 0 aromatic heterocycles. The van der Waals surface area contributed by atoms with E-state index >= 15 is 0 Å². The lowest BCUT2D eigenvalue weighted by atomic mass is 10.3. The summed E-state index contributed by atoms with van der Waals surface area (Å²) in [4.78, 5) is 20.8. The van der Waals surface area contributed by atoms with Gasteiger partial charge in [0.1, 0.15) is 6.10 Å². The zero-order valence-corrected chi connectivity index (χ0v) is 7.37. The number of ether oxygens (including phenoxy) is 2. The fourth-order valence-electron chi connectivity index (χ4n) is 0.616. The largest absolute Gasteiger partial charge is 0.457 e. The Labute approximate surface area is 70.8 Å². The summed E-state index contributed by atoms with van der Waals surface area (Å²) >= 11 is 0. The first-order valence-electron chi connectivity index (χ1n) is 3.53. The molecule has 2 N–H and O–H groups in total. The first-order chi connectivity index (χ1) is 5.43. The first-order valence-corrected chi connectivity index (χ1v) is 3.53. The van der Waals surface area contributed by atoms with Gasteiger partial charge in [-0.2, -0.15) is 0 Å². The van der Waals surface area contributed by atoms with Crippen LogP contribution >= 0.6 is 0 Å². The molecule has 0 amide bonds. The number of carbonyl (C=O) groups is 2. The van der Waals surface area contributed by atoms with E-state index in [1.807, 2.05) is 0 Å². The maximum absolute atomic E-state index is 10.4. The van der Waals surface area contributed by atoms with Crippen LogP contribution in [0.1, 0.15) is 20.8 Å². The molecule has 2 atom stereocenters. The van der Waals surface area contributed by atoms with Gasteiger partial charge in [0, 0.05) is 13.8 Å². The number of hydrogen-bond acceptors (Lipinski definition) is 5. The van der Waals surface area contributed by atoms with Crippen LogP contribution in [0.25, 0.3) is 0 Å². The molecule has 0 rings (SSSR count). The highest BCUT2D eigenvalue weighted by molar-refractivity contribution is 5.67. The fraction of sp³-hybridized carbons (Fsp3) is 0.714. The third-order valence-corrected chi connectivity index (χ3v) is 1.12. The van der Waals surface area contributed by atoms with Gasteiger partial charge >= 0.3 is 11.9 Å². The monoisotopic (exact) mass is 175 g/mol. The molecule has 0 spiro atoms. The van der Waals surface area contributed by atoms with Crippen molar-refractivity contribution in [3.63, 3.8) is 0 Å². The molecule has 0 radical (unpaired) electrons. The predicted octanol–water partition coefficient (Wildman–Crippen LogP) is -0.214. The lowest BCUT2D eigenvalue weighted by Crippen LogP contribution is -2.39. The SMILES string of the molecule is CC(=O)OC(C)C(N)OC(C)=O. The summed E-state index contributed by atoms with van der Waals surface area (Å²) in [6.45, 7) is 4.05. The van der Waals surface area contributed by atoms with Gasteiger partial charge in [-0.25, -0.2) is 0 Å². The van der Waals surface area contributed by atoms with Gasteiger partial charge in [0.2, 0.25) is 0 Å². The van der Waals surface area contributed by atoms with Crippen molar-refractivity contribution in [3.8, 4) is 0 Å². The van der Waals surface area contributed by atoms with Gasteiger partial charge < -0.3 is 9.47 Å². The van der Waals surface area contributed by atoms with Crippen LogP contribution in [0.15, 0.2) is 0 Å². The van der Waals surface area contributed by atoms with E-state index in [0.717, 1.165) is 0 Å². The van der Waals surface area contributed by atoms with Crippen molar-refractivity contribution in [2.75, 3.05) is 0 Å². The average Bonchev–Trinajstić information content (AvgIpc) is 1.84. The lowest BCUT2D eigenvalue weighted by Gasteiger charge is -2.18. The third-order valence-electron chi connectivity index (χ3n) is 1.12. The Bertz CT molecular complexity index is 160. The van der Waals surface area contributed by atoms with E-state index in [1.165, 1.54) is 13.8 Å². The van der Waals surface area contributed by atoms with Crippen LogP contribution in [0.4, 0.5) is 0 Å². The van der Waals surface area contributed by atoms with E-state index in [-0.39, 0.29) is 0 Å². The van der Waals surface area contributed by atoms with Crippen LogP contribution in [0, 0.1) is 0 Å². The van der Waals surface area contributed by atoms with Crippen LogP contribution in [-0.4, -0.2) is 24.3 Å². The van der Waals surface area contributed by atoms with E-state index in [9.17, 15) is 9.59 Å².